The van der Waals surface area contributed by atoms with Crippen molar-refractivity contribution in [2.75, 3.05) is 19.3 Å². The summed E-state index contributed by atoms with van der Waals surface area (Å²) in [6, 6.07) is 8.15. The van der Waals surface area contributed by atoms with Crippen LogP contribution >= 0.6 is 15.9 Å². The highest BCUT2D eigenvalue weighted by Crippen LogP contribution is 2.17. The molecule has 5 heteroatoms. The summed E-state index contributed by atoms with van der Waals surface area (Å²) in [7, 11) is 2.06. The van der Waals surface area contributed by atoms with Gasteiger partial charge in [0.15, 0.2) is 11.6 Å². The molecule has 0 atom stereocenters. The van der Waals surface area contributed by atoms with Crippen LogP contribution in [0, 0.1) is 6.92 Å². The summed E-state index contributed by atoms with van der Waals surface area (Å²) < 4.78 is 6.23. The number of aryl methyl sites for hydroxylation is 1. The number of nitrogens with zero attached hydrogens (tertiary/aromatic N) is 2. The van der Waals surface area contributed by atoms with Crippen molar-refractivity contribution in [1.29, 1.82) is 0 Å². The molecule has 2 rings (SSSR count). The molecule has 1 aromatic carbocycles. The number of rotatable bonds is 5. The minimum Gasteiger partial charge on any atom is -0.381 e. The molecule has 4 nitrogen and oxygen atoms in total. The topological polar surface area (TPSA) is 55.3 Å². The van der Waals surface area contributed by atoms with Gasteiger partial charge in [0, 0.05) is 17.1 Å². The number of anilines is 1. The zero-order valence-corrected chi connectivity index (χ0v) is 12.8. The molecule has 1 aromatic heterocycles. The molecule has 0 aliphatic rings. The Labute approximate surface area is 121 Å². The van der Waals surface area contributed by atoms with Crippen LogP contribution in [0.1, 0.15) is 16.9 Å². The SMILES string of the molecule is Cc1ccc(Br)cc1CCN(C)Cc1cc(N)no1. The Kier molecular flexibility index (Phi) is 4.61. The molecule has 0 unspecified atom stereocenters. The number of aromatic nitrogens is 1. The van der Waals surface area contributed by atoms with Crippen molar-refractivity contribution in [1.82, 2.24) is 10.1 Å². The van der Waals surface area contributed by atoms with Gasteiger partial charge < -0.3 is 10.3 Å². The first-order valence-electron chi connectivity index (χ1n) is 6.19. The van der Waals surface area contributed by atoms with Gasteiger partial charge in [-0.05, 0) is 43.7 Å². The van der Waals surface area contributed by atoms with E-state index in [1.165, 1.54) is 11.1 Å². The smallest absolute Gasteiger partial charge is 0.167 e. The molecule has 0 saturated carbocycles. The van der Waals surface area contributed by atoms with Crippen LogP contribution < -0.4 is 5.73 Å². The second-order valence-corrected chi connectivity index (χ2v) is 5.69. The second kappa shape index (κ2) is 6.21. The van der Waals surface area contributed by atoms with Crippen LogP contribution in [0.5, 0.6) is 0 Å². The maximum absolute atomic E-state index is 5.53. The molecule has 0 amide bonds. The summed E-state index contributed by atoms with van der Waals surface area (Å²) in [5.74, 6) is 1.23. The minimum absolute atomic E-state index is 0.436. The van der Waals surface area contributed by atoms with Crippen molar-refractivity contribution in [3.8, 4) is 0 Å². The van der Waals surface area contributed by atoms with E-state index in [2.05, 4.69) is 58.2 Å². The standard InChI is InChI=1S/C14H18BrN3O/c1-10-3-4-12(15)7-11(10)5-6-18(2)9-13-8-14(16)17-19-13/h3-4,7-8H,5-6,9H2,1-2H3,(H2,16,17). The highest BCUT2D eigenvalue weighted by Gasteiger charge is 2.07. The fourth-order valence-corrected chi connectivity index (χ4v) is 2.38. The third-order valence-electron chi connectivity index (χ3n) is 3.08. The molecule has 2 aromatic rings. The number of halogens is 1. The van der Waals surface area contributed by atoms with E-state index >= 15 is 0 Å². The zero-order chi connectivity index (χ0) is 13.8. The summed E-state index contributed by atoms with van der Waals surface area (Å²) in [6.45, 7) is 3.81. The summed E-state index contributed by atoms with van der Waals surface area (Å²) in [6.07, 6.45) is 1.01. The van der Waals surface area contributed by atoms with Crippen molar-refractivity contribution in [2.45, 2.75) is 19.9 Å². The van der Waals surface area contributed by atoms with Crippen LogP contribution in [0.4, 0.5) is 5.82 Å². The molecule has 1 heterocycles. The van der Waals surface area contributed by atoms with Gasteiger partial charge in [-0.2, -0.15) is 0 Å². The van der Waals surface area contributed by atoms with E-state index in [9.17, 15) is 0 Å². The van der Waals surface area contributed by atoms with Gasteiger partial charge in [-0.25, -0.2) is 0 Å². The summed E-state index contributed by atoms with van der Waals surface area (Å²) in [4.78, 5) is 2.19. The van der Waals surface area contributed by atoms with Crippen molar-refractivity contribution >= 4 is 21.7 Å². The molecule has 0 aliphatic heterocycles. The molecule has 0 fully saturated rings. The van der Waals surface area contributed by atoms with Crippen LogP contribution in [-0.4, -0.2) is 23.6 Å². The number of hydrogen-bond acceptors (Lipinski definition) is 4. The fraction of sp³-hybridized carbons (Fsp3) is 0.357. The predicted octanol–water partition coefficient (Wildman–Crippen LogP) is 3.00. The highest BCUT2D eigenvalue weighted by atomic mass is 79.9. The molecule has 102 valence electrons. The zero-order valence-electron chi connectivity index (χ0n) is 11.2. The van der Waals surface area contributed by atoms with Gasteiger partial charge in [-0.15, -0.1) is 0 Å². The maximum Gasteiger partial charge on any atom is 0.167 e. The number of benzene rings is 1. The van der Waals surface area contributed by atoms with E-state index < -0.39 is 0 Å². The molecule has 0 radical (unpaired) electrons. The molecule has 0 bridgehead atoms. The summed E-state index contributed by atoms with van der Waals surface area (Å²) >= 11 is 3.51. The van der Waals surface area contributed by atoms with Crippen LogP contribution in [0.3, 0.4) is 0 Å². The van der Waals surface area contributed by atoms with E-state index in [0.29, 0.717) is 5.82 Å². The van der Waals surface area contributed by atoms with Gasteiger partial charge in [0.2, 0.25) is 0 Å². The third kappa shape index (κ3) is 4.08. The van der Waals surface area contributed by atoms with Gasteiger partial charge >= 0.3 is 0 Å². The van der Waals surface area contributed by atoms with Crippen LogP contribution in [-0.2, 0) is 13.0 Å². The number of hydrogen-bond donors (Lipinski definition) is 1. The Morgan fingerprint density at radius 1 is 1.37 bits per heavy atom. The maximum atomic E-state index is 5.53. The number of likely N-dealkylation sites (N-methyl/N-ethyl adjacent to an activating group) is 1. The van der Waals surface area contributed by atoms with Crippen LogP contribution in [0.2, 0.25) is 0 Å². The molecule has 0 spiro atoms. The Balaban J connectivity index is 1.89. The van der Waals surface area contributed by atoms with E-state index in [4.69, 9.17) is 10.3 Å². The molecule has 19 heavy (non-hydrogen) atoms. The fourth-order valence-electron chi connectivity index (χ4n) is 1.97. The van der Waals surface area contributed by atoms with Crippen LogP contribution in [0.15, 0.2) is 33.3 Å². The van der Waals surface area contributed by atoms with E-state index in [1.807, 2.05) is 0 Å². The molecule has 2 N–H and O–H groups in total. The Morgan fingerprint density at radius 3 is 2.84 bits per heavy atom. The normalized spacial score (nSPS) is 11.2. The number of nitrogens with two attached hydrogens (primary N) is 1. The Hall–Kier alpha value is -1.33. The summed E-state index contributed by atoms with van der Waals surface area (Å²) in [5.41, 5.74) is 8.21. The Morgan fingerprint density at radius 2 is 2.16 bits per heavy atom. The van der Waals surface area contributed by atoms with Crippen molar-refractivity contribution in [3.05, 3.63) is 45.6 Å². The molecular formula is C14H18BrN3O. The highest BCUT2D eigenvalue weighted by molar-refractivity contribution is 9.10. The minimum atomic E-state index is 0.436. The molecular weight excluding hydrogens is 306 g/mol. The first kappa shape index (κ1) is 14.1. The van der Waals surface area contributed by atoms with Gasteiger partial charge in [0.25, 0.3) is 0 Å². The first-order chi connectivity index (χ1) is 9.04. The van der Waals surface area contributed by atoms with Gasteiger partial charge in [0.05, 0.1) is 6.54 Å². The van der Waals surface area contributed by atoms with Crippen molar-refractivity contribution < 1.29 is 4.52 Å². The number of nitrogen functional groups attached to an aromatic ring is 1. The largest absolute Gasteiger partial charge is 0.381 e. The molecule has 0 aliphatic carbocycles. The van der Waals surface area contributed by atoms with Gasteiger partial charge in [-0.3, -0.25) is 4.90 Å². The Bertz CT molecular complexity index is 553. The molecule has 0 saturated heterocycles. The van der Waals surface area contributed by atoms with Gasteiger partial charge in [-0.1, -0.05) is 27.2 Å². The first-order valence-corrected chi connectivity index (χ1v) is 6.98. The monoisotopic (exact) mass is 323 g/mol. The van der Waals surface area contributed by atoms with Crippen molar-refractivity contribution in [2.24, 2.45) is 0 Å². The van der Waals surface area contributed by atoms with E-state index in [-0.39, 0.29) is 0 Å². The lowest BCUT2D eigenvalue weighted by Crippen LogP contribution is -2.20. The van der Waals surface area contributed by atoms with E-state index in [0.717, 1.165) is 29.7 Å². The van der Waals surface area contributed by atoms with E-state index in [1.54, 1.807) is 6.07 Å². The lowest BCUT2D eigenvalue weighted by Gasteiger charge is -2.15. The average molecular weight is 324 g/mol. The quantitative estimate of drug-likeness (QED) is 0.919. The second-order valence-electron chi connectivity index (χ2n) is 4.78. The average Bonchev–Trinajstić information content (AvgIpc) is 2.76. The lowest BCUT2D eigenvalue weighted by atomic mass is 10.1. The third-order valence-corrected chi connectivity index (χ3v) is 3.57. The lowest BCUT2D eigenvalue weighted by molar-refractivity contribution is 0.275. The van der Waals surface area contributed by atoms with Crippen LogP contribution in [0.25, 0.3) is 0 Å². The van der Waals surface area contributed by atoms with Crippen molar-refractivity contribution in [3.63, 3.8) is 0 Å². The summed E-state index contributed by atoms with van der Waals surface area (Å²) in [5, 5.41) is 3.68. The van der Waals surface area contributed by atoms with Gasteiger partial charge in [0.1, 0.15) is 0 Å². The predicted molar refractivity (Wildman–Crippen MR) is 79.8 cm³/mol.